The lowest BCUT2D eigenvalue weighted by atomic mass is 10.2. The third-order valence-corrected chi connectivity index (χ3v) is 4.30. The van der Waals surface area contributed by atoms with Gasteiger partial charge in [-0.2, -0.15) is 0 Å². The van der Waals surface area contributed by atoms with Gasteiger partial charge in [-0.1, -0.05) is 6.07 Å². The van der Waals surface area contributed by atoms with E-state index in [1.165, 1.54) is 23.2 Å². The summed E-state index contributed by atoms with van der Waals surface area (Å²) in [6, 6.07) is 1.78. The third-order valence-electron chi connectivity index (χ3n) is 3.43. The van der Waals surface area contributed by atoms with Gasteiger partial charge in [0.1, 0.15) is 12.1 Å². The molecule has 0 bridgehead atoms. The van der Waals surface area contributed by atoms with Crippen molar-refractivity contribution in [2.45, 2.75) is 44.8 Å². The van der Waals surface area contributed by atoms with Crippen molar-refractivity contribution in [3.05, 3.63) is 22.4 Å². The molecule has 1 aliphatic rings. The highest BCUT2D eigenvalue weighted by Crippen LogP contribution is 2.29. The van der Waals surface area contributed by atoms with Crippen molar-refractivity contribution < 1.29 is 19.5 Å². The summed E-state index contributed by atoms with van der Waals surface area (Å²) in [5, 5.41) is 13.5. The summed E-state index contributed by atoms with van der Waals surface area (Å²) >= 11 is 1.29. The maximum atomic E-state index is 12.4. The molecular weight excluding hydrogens is 292 g/mol. The Morgan fingerprint density at radius 2 is 2.05 bits per heavy atom. The molecule has 6 nitrogen and oxygen atoms in total. The molecule has 2 rings (SSSR count). The number of nitrogens with zero attached hydrogens (tertiary/aromatic N) is 1. The first kappa shape index (κ1) is 15.5. The summed E-state index contributed by atoms with van der Waals surface area (Å²) in [5.41, 5.74) is 0. The first-order chi connectivity index (χ1) is 9.91. The highest BCUT2D eigenvalue weighted by molar-refractivity contribution is 7.12. The Morgan fingerprint density at radius 3 is 2.52 bits per heavy atom. The molecule has 7 heteroatoms. The summed E-state index contributed by atoms with van der Waals surface area (Å²) < 4.78 is 0. The quantitative estimate of drug-likeness (QED) is 0.830. The number of rotatable bonds is 6. The van der Waals surface area contributed by atoms with Crippen LogP contribution in [0.5, 0.6) is 0 Å². The van der Waals surface area contributed by atoms with E-state index in [2.05, 4.69) is 5.32 Å². The van der Waals surface area contributed by atoms with Gasteiger partial charge in [0.2, 0.25) is 5.91 Å². The predicted molar refractivity (Wildman–Crippen MR) is 78.2 cm³/mol. The molecule has 2 N–H and O–H groups in total. The van der Waals surface area contributed by atoms with Crippen LogP contribution in [0.25, 0.3) is 0 Å². The van der Waals surface area contributed by atoms with Gasteiger partial charge in [-0.05, 0) is 38.1 Å². The molecule has 0 radical (unpaired) electrons. The highest BCUT2D eigenvalue weighted by atomic mass is 32.1. The fourth-order valence-electron chi connectivity index (χ4n) is 2.12. The summed E-state index contributed by atoms with van der Waals surface area (Å²) in [4.78, 5) is 37.4. The standard InChI is InChI=1S/C14H18N2O4S/c1-8(15-12(17)11-4-3-7-21-11)13(18)16(10-5-6-10)9(2)14(19)20/h3-4,7-10H,5-6H2,1-2H3,(H,15,17)(H,19,20). The molecule has 0 aliphatic heterocycles. The van der Waals surface area contributed by atoms with Crippen molar-refractivity contribution in [2.75, 3.05) is 0 Å². The molecule has 1 aromatic rings. The maximum Gasteiger partial charge on any atom is 0.326 e. The fourth-order valence-corrected chi connectivity index (χ4v) is 2.75. The van der Waals surface area contributed by atoms with Crippen LogP contribution in [0.2, 0.25) is 0 Å². The molecule has 2 unspecified atom stereocenters. The van der Waals surface area contributed by atoms with Gasteiger partial charge in [-0.25, -0.2) is 4.79 Å². The lowest BCUT2D eigenvalue weighted by Crippen LogP contribution is -2.52. The first-order valence-electron chi connectivity index (χ1n) is 6.81. The van der Waals surface area contributed by atoms with Gasteiger partial charge in [-0.15, -0.1) is 11.3 Å². The number of amides is 2. The van der Waals surface area contributed by atoms with Crippen molar-refractivity contribution in [1.82, 2.24) is 10.2 Å². The molecule has 1 saturated carbocycles. The number of hydrogen-bond donors (Lipinski definition) is 2. The van der Waals surface area contributed by atoms with Crippen LogP contribution in [0.4, 0.5) is 0 Å². The van der Waals surface area contributed by atoms with Gasteiger partial charge in [0, 0.05) is 6.04 Å². The Hall–Kier alpha value is -1.89. The van der Waals surface area contributed by atoms with Crippen molar-refractivity contribution in [1.29, 1.82) is 0 Å². The molecule has 2 atom stereocenters. The van der Waals surface area contributed by atoms with Gasteiger partial charge in [-0.3, -0.25) is 9.59 Å². The van der Waals surface area contributed by atoms with Gasteiger partial charge in [0.25, 0.3) is 5.91 Å². The summed E-state index contributed by atoms with van der Waals surface area (Å²) in [5.74, 6) is -1.70. The Morgan fingerprint density at radius 1 is 1.38 bits per heavy atom. The Bertz CT molecular complexity index is 539. The zero-order chi connectivity index (χ0) is 15.6. The minimum absolute atomic E-state index is 0.0234. The van der Waals surface area contributed by atoms with Crippen molar-refractivity contribution in [3.8, 4) is 0 Å². The molecule has 1 aliphatic carbocycles. The van der Waals surface area contributed by atoms with Crippen molar-refractivity contribution in [3.63, 3.8) is 0 Å². The van der Waals surface area contributed by atoms with Crippen LogP contribution in [-0.2, 0) is 9.59 Å². The summed E-state index contributed by atoms with van der Waals surface area (Å²) in [7, 11) is 0. The van der Waals surface area contributed by atoms with Crippen molar-refractivity contribution >= 4 is 29.1 Å². The number of carboxylic acid groups (broad SMARTS) is 1. The molecule has 114 valence electrons. The van der Waals surface area contributed by atoms with Crippen LogP contribution in [0.3, 0.4) is 0 Å². The maximum absolute atomic E-state index is 12.4. The highest BCUT2D eigenvalue weighted by Gasteiger charge is 2.40. The molecule has 1 fully saturated rings. The van der Waals surface area contributed by atoms with E-state index >= 15 is 0 Å². The number of thiophene rings is 1. The van der Waals surface area contributed by atoms with Crippen LogP contribution in [0.1, 0.15) is 36.4 Å². The van der Waals surface area contributed by atoms with E-state index in [0.717, 1.165) is 12.8 Å². The molecular formula is C14H18N2O4S. The van der Waals surface area contributed by atoms with Crippen LogP contribution in [-0.4, -0.2) is 45.9 Å². The number of carboxylic acids is 1. The molecule has 1 aromatic heterocycles. The Labute approximate surface area is 126 Å². The predicted octanol–water partition coefficient (Wildman–Crippen LogP) is 1.33. The van der Waals surface area contributed by atoms with Crippen LogP contribution in [0, 0.1) is 0 Å². The summed E-state index contributed by atoms with van der Waals surface area (Å²) in [6.45, 7) is 3.07. The van der Waals surface area contributed by atoms with Crippen LogP contribution >= 0.6 is 11.3 Å². The molecule has 0 spiro atoms. The van der Waals surface area contributed by atoms with E-state index in [1.807, 2.05) is 0 Å². The van der Waals surface area contributed by atoms with E-state index < -0.39 is 18.1 Å². The van der Waals surface area contributed by atoms with Gasteiger partial charge < -0.3 is 15.3 Å². The lowest BCUT2D eigenvalue weighted by molar-refractivity contribution is -0.150. The average Bonchev–Trinajstić information content (AvgIpc) is 3.10. The molecule has 1 heterocycles. The Balaban J connectivity index is 2.03. The number of carbonyl (C=O) groups is 3. The minimum Gasteiger partial charge on any atom is -0.480 e. The molecule has 0 saturated heterocycles. The SMILES string of the molecule is CC(NC(=O)c1cccs1)C(=O)N(C1CC1)C(C)C(=O)O. The number of carbonyl (C=O) groups excluding carboxylic acids is 2. The lowest BCUT2D eigenvalue weighted by Gasteiger charge is -2.29. The van der Waals surface area contributed by atoms with E-state index in [9.17, 15) is 14.4 Å². The Kier molecular flexibility index (Phi) is 4.62. The molecule has 2 amide bonds. The number of nitrogens with one attached hydrogen (secondary N) is 1. The van der Waals surface area contributed by atoms with Gasteiger partial charge in [0.05, 0.1) is 4.88 Å². The third kappa shape index (κ3) is 3.60. The first-order valence-corrected chi connectivity index (χ1v) is 7.69. The van der Waals surface area contributed by atoms with Crippen LogP contribution in [0.15, 0.2) is 17.5 Å². The van der Waals surface area contributed by atoms with E-state index in [1.54, 1.807) is 24.4 Å². The monoisotopic (exact) mass is 310 g/mol. The normalized spacial score (nSPS) is 16.9. The zero-order valence-corrected chi connectivity index (χ0v) is 12.7. The van der Waals surface area contributed by atoms with Crippen molar-refractivity contribution in [2.24, 2.45) is 0 Å². The summed E-state index contributed by atoms with van der Waals surface area (Å²) in [6.07, 6.45) is 1.63. The second-order valence-corrected chi connectivity index (χ2v) is 6.11. The second-order valence-electron chi connectivity index (χ2n) is 5.16. The van der Waals surface area contributed by atoms with E-state index in [4.69, 9.17) is 5.11 Å². The van der Waals surface area contributed by atoms with Crippen LogP contribution < -0.4 is 5.32 Å². The topological polar surface area (TPSA) is 86.7 Å². The van der Waals surface area contributed by atoms with E-state index in [0.29, 0.717) is 4.88 Å². The molecule has 21 heavy (non-hydrogen) atoms. The average molecular weight is 310 g/mol. The van der Waals surface area contributed by atoms with Gasteiger partial charge in [0.15, 0.2) is 0 Å². The fraction of sp³-hybridized carbons (Fsp3) is 0.500. The van der Waals surface area contributed by atoms with E-state index in [-0.39, 0.29) is 17.9 Å². The van der Waals surface area contributed by atoms with Gasteiger partial charge >= 0.3 is 5.97 Å². The number of aliphatic carboxylic acids is 1. The molecule has 0 aromatic carbocycles. The largest absolute Gasteiger partial charge is 0.480 e. The minimum atomic E-state index is -1.04. The second kappa shape index (κ2) is 6.26. The number of hydrogen-bond acceptors (Lipinski definition) is 4. The zero-order valence-electron chi connectivity index (χ0n) is 11.9. The smallest absolute Gasteiger partial charge is 0.326 e.